The molecule has 0 radical (unpaired) electrons. The molecule has 2 rings (SSSR count). The zero-order valence-electron chi connectivity index (χ0n) is 15.1. The number of aromatic nitrogens is 2. The molecule has 24 heavy (non-hydrogen) atoms. The van der Waals surface area contributed by atoms with Crippen molar-refractivity contribution in [2.75, 3.05) is 19.3 Å². The Balaban J connectivity index is 0.00000288. The largest absolute Gasteiger partial charge is 0.356 e. The summed E-state index contributed by atoms with van der Waals surface area (Å²) in [7, 11) is 1.86. The molecule has 0 amide bonds. The summed E-state index contributed by atoms with van der Waals surface area (Å²) in [5.41, 5.74) is 0. The van der Waals surface area contributed by atoms with Crippen molar-refractivity contribution in [3.05, 3.63) is 18.2 Å². The van der Waals surface area contributed by atoms with Crippen molar-refractivity contribution in [2.24, 2.45) is 4.99 Å². The molecule has 5 nitrogen and oxygen atoms in total. The van der Waals surface area contributed by atoms with Gasteiger partial charge in [-0.05, 0) is 44.8 Å². The lowest BCUT2D eigenvalue weighted by Crippen LogP contribution is -2.42. The minimum atomic E-state index is 0. The molecule has 1 aliphatic rings. The Morgan fingerprint density at radius 3 is 2.92 bits per heavy atom. The molecule has 2 atom stereocenters. The topological polar surface area (TPSA) is 54.2 Å². The molecule has 1 aromatic heterocycles. The number of halogens is 1. The minimum absolute atomic E-state index is 0. The van der Waals surface area contributed by atoms with Crippen LogP contribution >= 0.6 is 35.7 Å². The van der Waals surface area contributed by atoms with E-state index in [0.717, 1.165) is 43.0 Å². The number of rotatable bonds is 8. The summed E-state index contributed by atoms with van der Waals surface area (Å²) in [6.07, 6.45) is 10.1. The molecule has 1 aromatic rings. The molecule has 138 valence electrons. The SMILES string of the molecule is CCSC1CCC(NC(=NC)NCCCCn2ccnc2C)C1.I. The van der Waals surface area contributed by atoms with Crippen LogP contribution in [-0.2, 0) is 6.54 Å². The molecule has 0 bridgehead atoms. The Bertz CT molecular complexity index is 491. The van der Waals surface area contributed by atoms with Crippen molar-refractivity contribution < 1.29 is 0 Å². The van der Waals surface area contributed by atoms with Crippen LogP contribution in [0.3, 0.4) is 0 Å². The Morgan fingerprint density at radius 1 is 1.42 bits per heavy atom. The predicted octanol–water partition coefficient (Wildman–Crippen LogP) is 3.43. The second-order valence-corrected chi connectivity index (χ2v) is 7.68. The minimum Gasteiger partial charge on any atom is -0.356 e. The van der Waals surface area contributed by atoms with Crippen molar-refractivity contribution in [1.82, 2.24) is 20.2 Å². The Morgan fingerprint density at radius 2 is 2.25 bits per heavy atom. The molecule has 0 aliphatic heterocycles. The van der Waals surface area contributed by atoms with Crippen LogP contribution in [0.1, 0.15) is 44.9 Å². The fourth-order valence-corrected chi connectivity index (χ4v) is 4.24. The molecule has 0 aromatic carbocycles. The van der Waals surface area contributed by atoms with Crippen molar-refractivity contribution in [3.63, 3.8) is 0 Å². The molecule has 1 saturated carbocycles. The fraction of sp³-hybridized carbons (Fsp3) is 0.765. The van der Waals surface area contributed by atoms with Crippen LogP contribution in [0.25, 0.3) is 0 Å². The lowest BCUT2D eigenvalue weighted by molar-refractivity contribution is 0.578. The van der Waals surface area contributed by atoms with E-state index in [4.69, 9.17) is 0 Å². The molecule has 7 heteroatoms. The summed E-state index contributed by atoms with van der Waals surface area (Å²) in [5.74, 6) is 3.27. The normalized spacial score (nSPS) is 20.7. The van der Waals surface area contributed by atoms with Crippen LogP contribution in [0.15, 0.2) is 17.4 Å². The van der Waals surface area contributed by atoms with E-state index < -0.39 is 0 Å². The number of hydrogen-bond acceptors (Lipinski definition) is 3. The van der Waals surface area contributed by atoms with E-state index in [1.54, 1.807) is 0 Å². The first kappa shape index (κ1) is 21.6. The summed E-state index contributed by atoms with van der Waals surface area (Å²) in [4.78, 5) is 8.61. The van der Waals surface area contributed by atoms with E-state index in [2.05, 4.69) is 50.8 Å². The summed E-state index contributed by atoms with van der Waals surface area (Å²) < 4.78 is 2.21. The van der Waals surface area contributed by atoms with Gasteiger partial charge in [0.15, 0.2) is 5.96 Å². The summed E-state index contributed by atoms with van der Waals surface area (Å²) in [6.45, 7) is 6.30. The van der Waals surface area contributed by atoms with E-state index in [1.807, 2.05) is 19.4 Å². The Kier molecular flexibility index (Phi) is 10.8. The molecule has 0 saturated heterocycles. The predicted molar refractivity (Wildman–Crippen MR) is 116 cm³/mol. The summed E-state index contributed by atoms with van der Waals surface area (Å²) in [6, 6.07) is 0.582. The number of unbranched alkanes of at least 4 members (excludes halogenated alkanes) is 1. The van der Waals surface area contributed by atoms with Gasteiger partial charge in [0.25, 0.3) is 0 Å². The van der Waals surface area contributed by atoms with Crippen molar-refractivity contribution in [3.8, 4) is 0 Å². The molecular formula is C17H32IN5S. The van der Waals surface area contributed by atoms with Crippen LogP contribution in [0.4, 0.5) is 0 Å². The van der Waals surface area contributed by atoms with Crippen LogP contribution in [0, 0.1) is 6.92 Å². The number of aliphatic imine (C=N–C) groups is 1. The highest BCUT2D eigenvalue weighted by atomic mass is 127. The van der Waals surface area contributed by atoms with Gasteiger partial charge in [-0.25, -0.2) is 4.98 Å². The van der Waals surface area contributed by atoms with Crippen molar-refractivity contribution in [1.29, 1.82) is 0 Å². The van der Waals surface area contributed by atoms with Crippen LogP contribution < -0.4 is 10.6 Å². The average molecular weight is 465 g/mol. The van der Waals surface area contributed by atoms with E-state index >= 15 is 0 Å². The molecule has 2 N–H and O–H groups in total. The lowest BCUT2D eigenvalue weighted by Gasteiger charge is -2.17. The third-order valence-electron chi connectivity index (χ3n) is 4.39. The average Bonchev–Trinajstić information content (AvgIpc) is 3.15. The van der Waals surface area contributed by atoms with Crippen molar-refractivity contribution in [2.45, 2.75) is 63.8 Å². The zero-order valence-corrected chi connectivity index (χ0v) is 18.3. The fourth-order valence-electron chi connectivity index (χ4n) is 3.10. The van der Waals surface area contributed by atoms with Gasteiger partial charge in [0.05, 0.1) is 0 Å². The standard InChI is InChI=1S/C17H31N5S.HI/c1-4-23-16-8-7-15(13-16)21-17(18-3)20-9-5-6-11-22-12-10-19-14(22)2;/h10,12,15-16H,4-9,11,13H2,1-3H3,(H2,18,20,21);1H. The molecular weight excluding hydrogens is 433 g/mol. The van der Waals surface area contributed by atoms with E-state index in [-0.39, 0.29) is 24.0 Å². The van der Waals surface area contributed by atoms with Gasteiger partial charge in [0.2, 0.25) is 0 Å². The number of nitrogens with one attached hydrogen (secondary N) is 2. The third kappa shape index (κ3) is 7.21. The Hall–Kier alpha value is -0.440. The highest BCUT2D eigenvalue weighted by Crippen LogP contribution is 2.29. The number of thioether (sulfide) groups is 1. The van der Waals surface area contributed by atoms with Gasteiger partial charge in [0.1, 0.15) is 5.82 Å². The molecule has 2 unspecified atom stereocenters. The first-order chi connectivity index (χ1) is 11.2. The maximum absolute atomic E-state index is 4.36. The van der Waals surface area contributed by atoms with E-state index in [0.29, 0.717) is 6.04 Å². The van der Waals surface area contributed by atoms with Crippen LogP contribution in [0.5, 0.6) is 0 Å². The molecule has 1 aliphatic carbocycles. The Labute approximate surface area is 167 Å². The number of nitrogens with zero attached hydrogens (tertiary/aromatic N) is 3. The number of aryl methyl sites for hydroxylation is 2. The number of guanidine groups is 1. The maximum atomic E-state index is 4.36. The second-order valence-electron chi connectivity index (χ2n) is 6.11. The molecule has 0 spiro atoms. The quantitative estimate of drug-likeness (QED) is 0.267. The summed E-state index contributed by atoms with van der Waals surface area (Å²) >= 11 is 2.09. The van der Waals surface area contributed by atoms with Crippen LogP contribution in [0.2, 0.25) is 0 Å². The van der Waals surface area contributed by atoms with Gasteiger partial charge in [-0.15, -0.1) is 24.0 Å². The monoisotopic (exact) mass is 465 g/mol. The van der Waals surface area contributed by atoms with Gasteiger partial charge in [-0.2, -0.15) is 11.8 Å². The third-order valence-corrected chi connectivity index (χ3v) is 5.63. The molecule has 1 fully saturated rings. The van der Waals surface area contributed by atoms with E-state index in [1.165, 1.54) is 25.0 Å². The zero-order chi connectivity index (χ0) is 16.5. The smallest absolute Gasteiger partial charge is 0.191 e. The van der Waals surface area contributed by atoms with Gasteiger partial charge in [-0.1, -0.05) is 6.92 Å². The van der Waals surface area contributed by atoms with Gasteiger partial charge < -0.3 is 15.2 Å². The number of imidazole rings is 1. The van der Waals surface area contributed by atoms with Gasteiger partial charge >= 0.3 is 0 Å². The highest BCUT2D eigenvalue weighted by Gasteiger charge is 2.24. The number of hydrogen-bond donors (Lipinski definition) is 2. The lowest BCUT2D eigenvalue weighted by atomic mass is 10.2. The molecule has 1 heterocycles. The first-order valence-corrected chi connectivity index (χ1v) is 9.84. The highest BCUT2D eigenvalue weighted by molar-refractivity contribution is 14.0. The second kappa shape index (κ2) is 12.0. The van der Waals surface area contributed by atoms with Crippen LogP contribution in [-0.4, -0.2) is 46.1 Å². The maximum Gasteiger partial charge on any atom is 0.191 e. The van der Waals surface area contributed by atoms with Gasteiger partial charge in [-0.3, -0.25) is 4.99 Å². The van der Waals surface area contributed by atoms with Crippen molar-refractivity contribution >= 4 is 41.7 Å². The summed E-state index contributed by atoms with van der Waals surface area (Å²) in [5, 5.41) is 7.85. The van der Waals surface area contributed by atoms with Gasteiger partial charge in [0, 0.05) is 43.8 Å². The van der Waals surface area contributed by atoms with E-state index in [9.17, 15) is 0 Å². The first-order valence-electron chi connectivity index (χ1n) is 8.79.